The maximum absolute atomic E-state index is 10.7. The van der Waals surface area contributed by atoms with Gasteiger partial charge in [-0.15, -0.1) is 0 Å². The van der Waals surface area contributed by atoms with E-state index < -0.39 is 11.5 Å². The summed E-state index contributed by atoms with van der Waals surface area (Å²) in [5, 5.41) is 8.79. The molecule has 0 aromatic heterocycles. The summed E-state index contributed by atoms with van der Waals surface area (Å²) in [5.41, 5.74) is 4.77. The minimum atomic E-state index is -0.922. The van der Waals surface area contributed by atoms with Crippen LogP contribution in [0.4, 0.5) is 0 Å². The van der Waals surface area contributed by atoms with Gasteiger partial charge in [0.1, 0.15) is 5.54 Å². The molecule has 3 heteroatoms. The van der Waals surface area contributed by atoms with Gasteiger partial charge < -0.3 is 10.8 Å². The van der Waals surface area contributed by atoms with Crippen LogP contribution >= 0.6 is 0 Å². The molecule has 2 atom stereocenters. The third kappa shape index (κ3) is 1.13. The standard InChI is InChI=1S/C8H15NO2/c1-5(2)6-3-4-8(6,9)7(10)11/h5-6H,3-4,9H2,1-2H3,(H,10,11)/t6-,8+/m1/s1. The van der Waals surface area contributed by atoms with Crippen LogP contribution in [0.5, 0.6) is 0 Å². The van der Waals surface area contributed by atoms with Gasteiger partial charge in [0.05, 0.1) is 0 Å². The van der Waals surface area contributed by atoms with Crippen LogP contribution in [-0.2, 0) is 4.79 Å². The molecule has 0 spiro atoms. The fourth-order valence-corrected chi connectivity index (χ4v) is 1.82. The Balaban J connectivity index is 2.67. The lowest BCUT2D eigenvalue weighted by Gasteiger charge is -2.45. The second-order valence-electron chi connectivity index (χ2n) is 3.73. The van der Waals surface area contributed by atoms with Crippen molar-refractivity contribution in [3.05, 3.63) is 0 Å². The molecule has 0 heterocycles. The van der Waals surface area contributed by atoms with Gasteiger partial charge in [-0.1, -0.05) is 13.8 Å². The maximum atomic E-state index is 10.7. The van der Waals surface area contributed by atoms with Crippen LogP contribution in [0.3, 0.4) is 0 Å². The van der Waals surface area contributed by atoms with Gasteiger partial charge >= 0.3 is 5.97 Å². The minimum absolute atomic E-state index is 0.167. The molecule has 0 radical (unpaired) electrons. The second kappa shape index (κ2) is 2.48. The van der Waals surface area contributed by atoms with Crippen LogP contribution in [0.25, 0.3) is 0 Å². The largest absolute Gasteiger partial charge is 0.480 e. The van der Waals surface area contributed by atoms with E-state index >= 15 is 0 Å². The van der Waals surface area contributed by atoms with Gasteiger partial charge in [0.2, 0.25) is 0 Å². The summed E-state index contributed by atoms with van der Waals surface area (Å²) in [6, 6.07) is 0. The zero-order valence-electron chi connectivity index (χ0n) is 7.00. The van der Waals surface area contributed by atoms with Gasteiger partial charge in [-0.3, -0.25) is 4.79 Å². The highest BCUT2D eigenvalue weighted by Gasteiger charge is 2.50. The average Bonchev–Trinajstić information content (AvgIpc) is 1.82. The van der Waals surface area contributed by atoms with Crippen LogP contribution in [0, 0.1) is 11.8 Å². The Labute approximate surface area is 66.6 Å². The Morgan fingerprint density at radius 1 is 1.73 bits per heavy atom. The molecule has 0 aromatic rings. The van der Waals surface area contributed by atoms with Crippen LogP contribution in [0.2, 0.25) is 0 Å². The van der Waals surface area contributed by atoms with Crippen molar-refractivity contribution in [3.8, 4) is 0 Å². The Kier molecular flexibility index (Phi) is 1.92. The maximum Gasteiger partial charge on any atom is 0.323 e. The van der Waals surface area contributed by atoms with Crippen molar-refractivity contribution in [2.24, 2.45) is 17.6 Å². The molecule has 0 aliphatic heterocycles. The van der Waals surface area contributed by atoms with Crippen LogP contribution in [-0.4, -0.2) is 16.6 Å². The number of carboxylic acid groups (broad SMARTS) is 1. The highest BCUT2D eigenvalue weighted by atomic mass is 16.4. The first-order valence-electron chi connectivity index (χ1n) is 4.00. The van der Waals surface area contributed by atoms with Crippen molar-refractivity contribution in [2.75, 3.05) is 0 Å². The van der Waals surface area contributed by atoms with E-state index in [9.17, 15) is 4.79 Å². The minimum Gasteiger partial charge on any atom is -0.480 e. The number of carbonyl (C=O) groups is 1. The molecule has 1 aliphatic rings. The molecule has 1 rings (SSSR count). The van der Waals surface area contributed by atoms with Crippen molar-refractivity contribution < 1.29 is 9.90 Å². The molecule has 1 saturated carbocycles. The molecule has 1 aliphatic carbocycles. The number of hydrogen-bond donors (Lipinski definition) is 2. The number of hydrogen-bond acceptors (Lipinski definition) is 2. The normalized spacial score (nSPS) is 36.9. The first-order valence-corrected chi connectivity index (χ1v) is 4.00. The Morgan fingerprint density at radius 3 is 2.36 bits per heavy atom. The summed E-state index contributed by atoms with van der Waals surface area (Å²) in [6.45, 7) is 4.04. The van der Waals surface area contributed by atoms with E-state index in [1.807, 2.05) is 13.8 Å². The summed E-state index contributed by atoms with van der Waals surface area (Å²) in [4.78, 5) is 10.7. The summed E-state index contributed by atoms with van der Waals surface area (Å²) in [7, 11) is 0. The zero-order chi connectivity index (χ0) is 8.65. The molecule has 3 nitrogen and oxygen atoms in total. The van der Waals surface area contributed by atoms with E-state index in [1.54, 1.807) is 0 Å². The molecule has 64 valence electrons. The molecule has 3 N–H and O–H groups in total. The van der Waals surface area contributed by atoms with Gasteiger partial charge in [-0.2, -0.15) is 0 Å². The molecular formula is C8H15NO2. The first kappa shape index (κ1) is 8.53. The second-order valence-corrected chi connectivity index (χ2v) is 3.73. The lowest BCUT2D eigenvalue weighted by molar-refractivity contribution is -0.152. The molecule has 11 heavy (non-hydrogen) atoms. The zero-order valence-corrected chi connectivity index (χ0v) is 7.00. The quantitative estimate of drug-likeness (QED) is 0.624. The van der Waals surface area contributed by atoms with E-state index in [4.69, 9.17) is 10.8 Å². The molecular weight excluding hydrogens is 142 g/mol. The summed E-state index contributed by atoms with van der Waals surface area (Å²) >= 11 is 0. The molecule has 1 fully saturated rings. The third-order valence-electron chi connectivity index (χ3n) is 2.73. The van der Waals surface area contributed by atoms with Crippen molar-refractivity contribution in [1.82, 2.24) is 0 Å². The van der Waals surface area contributed by atoms with E-state index in [2.05, 4.69) is 0 Å². The fraction of sp³-hybridized carbons (Fsp3) is 0.875. The fourth-order valence-electron chi connectivity index (χ4n) is 1.82. The molecule has 0 amide bonds. The predicted molar refractivity (Wildman–Crippen MR) is 42.1 cm³/mol. The van der Waals surface area contributed by atoms with Crippen LogP contribution in [0.1, 0.15) is 26.7 Å². The van der Waals surface area contributed by atoms with Crippen molar-refractivity contribution >= 4 is 5.97 Å². The number of carboxylic acids is 1. The van der Waals surface area contributed by atoms with Crippen molar-refractivity contribution in [1.29, 1.82) is 0 Å². The number of aliphatic carboxylic acids is 1. The number of nitrogens with two attached hydrogens (primary N) is 1. The van der Waals surface area contributed by atoms with Crippen molar-refractivity contribution in [3.63, 3.8) is 0 Å². The van der Waals surface area contributed by atoms with E-state index in [1.165, 1.54) is 0 Å². The summed E-state index contributed by atoms with van der Waals surface area (Å²) in [6.07, 6.45) is 1.59. The molecule has 0 saturated heterocycles. The third-order valence-corrected chi connectivity index (χ3v) is 2.73. The van der Waals surface area contributed by atoms with Crippen LogP contribution in [0.15, 0.2) is 0 Å². The summed E-state index contributed by atoms with van der Waals surface area (Å²) < 4.78 is 0. The van der Waals surface area contributed by atoms with Gasteiger partial charge in [-0.25, -0.2) is 0 Å². The topological polar surface area (TPSA) is 63.3 Å². The van der Waals surface area contributed by atoms with Gasteiger partial charge in [0, 0.05) is 0 Å². The average molecular weight is 157 g/mol. The predicted octanol–water partition coefficient (Wildman–Crippen LogP) is 0.834. The van der Waals surface area contributed by atoms with Gasteiger partial charge in [0.25, 0.3) is 0 Å². The molecule has 0 aromatic carbocycles. The SMILES string of the molecule is CC(C)[C@H]1CC[C@@]1(N)C(=O)O. The van der Waals surface area contributed by atoms with E-state index in [0.29, 0.717) is 12.3 Å². The highest BCUT2D eigenvalue weighted by molar-refractivity contribution is 5.80. The van der Waals surface area contributed by atoms with Crippen LogP contribution < -0.4 is 5.73 Å². The van der Waals surface area contributed by atoms with Gasteiger partial charge in [0.15, 0.2) is 0 Å². The molecule has 0 bridgehead atoms. The first-order chi connectivity index (χ1) is 4.98. The number of rotatable bonds is 2. The van der Waals surface area contributed by atoms with E-state index in [-0.39, 0.29) is 5.92 Å². The van der Waals surface area contributed by atoms with Gasteiger partial charge in [-0.05, 0) is 24.7 Å². The lowest BCUT2D eigenvalue weighted by Crippen LogP contribution is -2.62. The Bertz CT molecular complexity index is 179. The monoisotopic (exact) mass is 157 g/mol. The Hall–Kier alpha value is -0.570. The Morgan fingerprint density at radius 2 is 2.27 bits per heavy atom. The smallest absolute Gasteiger partial charge is 0.323 e. The van der Waals surface area contributed by atoms with Crippen molar-refractivity contribution in [2.45, 2.75) is 32.2 Å². The summed E-state index contributed by atoms with van der Waals surface area (Å²) in [5.74, 6) is -0.299. The molecule has 0 unspecified atom stereocenters. The highest BCUT2D eigenvalue weighted by Crippen LogP contribution is 2.41. The lowest BCUT2D eigenvalue weighted by atomic mass is 9.62. The van der Waals surface area contributed by atoms with E-state index in [0.717, 1.165) is 6.42 Å².